The standard InChI is InChI=1S/C17H22N2O2/c1-12-9-13(5-4-8-18)11-14(10-12)17(21)19-15-6-2-3-7-16(15)20/h9-11,15-16,20H,2-3,6-8,18H2,1H3,(H,19,21). The molecule has 0 heterocycles. The number of rotatable bonds is 2. The molecule has 1 aliphatic carbocycles. The van der Waals surface area contributed by atoms with Crippen LogP contribution in [0, 0.1) is 18.8 Å². The second kappa shape index (κ2) is 7.26. The highest BCUT2D eigenvalue weighted by atomic mass is 16.3. The number of aliphatic hydroxyl groups is 1. The minimum atomic E-state index is -0.441. The van der Waals surface area contributed by atoms with Gasteiger partial charge in [-0.2, -0.15) is 0 Å². The van der Waals surface area contributed by atoms with E-state index in [-0.39, 0.29) is 11.9 Å². The minimum Gasteiger partial charge on any atom is -0.391 e. The maximum atomic E-state index is 12.3. The molecule has 1 aromatic carbocycles. The predicted molar refractivity (Wildman–Crippen MR) is 82.8 cm³/mol. The smallest absolute Gasteiger partial charge is 0.251 e. The van der Waals surface area contributed by atoms with Gasteiger partial charge < -0.3 is 16.2 Å². The maximum absolute atomic E-state index is 12.3. The van der Waals surface area contributed by atoms with E-state index in [2.05, 4.69) is 17.2 Å². The summed E-state index contributed by atoms with van der Waals surface area (Å²) in [4.78, 5) is 12.3. The van der Waals surface area contributed by atoms with Crippen LogP contribution in [0.25, 0.3) is 0 Å². The van der Waals surface area contributed by atoms with E-state index in [9.17, 15) is 9.90 Å². The van der Waals surface area contributed by atoms with E-state index in [0.717, 1.165) is 36.8 Å². The number of nitrogens with one attached hydrogen (secondary N) is 1. The lowest BCUT2D eigenvalue weighted by molar-refractivity contribution is 0.0717. The van der Waals surface area contributed by atoms with Crippen molar-refractivity contribution in [3.05, 3.63) is 34.9 Å². The number of carbonyl (C=O) groups excluding carboxylic acids is 1. The van der Waals surface area contributed by atoms with Crippen molar-refractivity contribution in [2.45, 2.75) is 44.8 Å². The van der Waals surface area contributed by atoms with Crippen LogP contribution >= 0.6 is 0 Å². The predicted octanol–water partition coefficient (Wildman–Crippen LogP) is 1.34. The van der Waals surface area contributed by atoms with E-state index in [1.807, 2.05) is 19.1 Å². The molecule has 2 unspecified atom stereocenters. The zero-order valence-corrected chi connectivity index (χ0v) is 12.4. The Labute approximate surface area is 125 Å². The molecule has 2 rings (SSSR count). The lowest BCUT2D eigenvalue weighted by atomic mass is 9.92. The number of benzene rings is 1. The third-order valence-electron chi connectivity index (χ3n) is 3.72. The van der Waals surface area contributed by atoms with Crippen molar-refractivity contribution >= 4 is 5.91 Å². The van der Waals surface area contributed by atoms with Gasteiger partial charge in [-0.3, -0.25) is 4.79 Å². The number of nitrogens with two attached hydrogens (primary N) is 1. The molecule has 1 amide bonds. The van der Waals surface area contributed by atoms with Crippen molar-refractivity contribution in [1.82, 2.24) is 5.32 Å². The highest BCUT2D eigenvalue weighted by molar-refractivity contribution is 5.95. The van der Waals surface area contributed by atoms with Crippen molar-refractivity contribution in [2.75, 3.05) is 6.54 Å². The lowest BCUT2D eigenvalue weighted by Gasteiger charge is -2.28. The summed E-state index contributed by atoms with van der Waals surface area (Å²) >= 11 is 0. The Morgan fingerprint density at radius 1 is 1.38 bits per heavy atom. The van der Waals surface area contributed by atoms with Crippen LogP contribution in [0.1, 0.15) is 47.2 Å². The average Bonchev–Trinajstić information content (AvgIpc) is 2.47. The summed E-state index contributed by atoms with van der Waals surface area (Å²) in [5, 5.41) is 12.9. The fraction of sp³-hybridized carbons (Fsp3) is 0.471. The Balaban J connectivity index is 2.13. The Bertz CT molecular complexity index is 572. The van der Waals surface area contributed by atoms with E-state index in [0.29, 0.717) is 12.1 Å². The van der Waals surface area contributed by atoms with Gasteiger partial charge in [-0.05, 0) is 43.5 Å². The quantitative estimate of drug-likeness (QED) is 0.718. The summed E-state index contributed by atoms with van der Waals surface area (Å²) in [6.45, 7) is 2.23. The molecule has 4 N–H and O–H groups in total. The maximum Gasteiger partial charge on any atom is 0.251 e. The molecular formula is C17H22N2O2. The Morgan fingerprint density at radius 2 is 2.14 bits per heavy atom. The largest absolute Gasteiger partial charge is 0.391 e. The van der Waals surface area contributed by atoms with E-state index < -0.39 is 6.10 Å². The van der Waals surface area contributed by atoms with Gasteiger partial charge in [-0.15, -0.1) is 0 Å². The van der Waals surface area contributed by atoms with Crippen LogP contribution in [0.4, 0.5) is 0 Å². The van der Waals surface area contributed by atoms with Crippen LogP contribution in [-0.2, 0) is 0 Å². The normalized spacial score (nSPS) is 21.3. The van der Waals surface area contributed by atoms with Crippen molar-refractivity contribution in [3.8, 4) is 11.8 Å². The molecule has 0 saturated heterocycles. The fourth-order valence-electron chi connectivity index (χ4n) is 2.67. The molecule has 21 heavy (non-hydrogen) atoms. The molecule has 1 aliphatic rings. The number of amides is 1. The number of aryl methyl sites for hydroxylation is 1. The van der Waals surface area contributed by atoms with Crippen molar-refractivity contribution in [1.29, 1.82) is 0 Å². The molecular weight excluding hydrogens is 264 g/mol. The van der Waals surface area contributed by atoms with Crippen LogP contribution < -0.4 is 11.1 Å². The SMILES string of the molecule is Cc1cc(C#CCN)cc(C(=O)NC2CCCCC2O)c1. The molecule has 1 saturated carbocycles. The molecule has 0 bridgehead atoms. The van der Waals surface area contributed by atoms with Gasteiger partial charge in [0.15, 0.2) is 0 Å². The number of hydrogen-bond donors (Lipinski definition) is 3. The first-order valence-corrected chi connectivity index (χ1v) is 7.39. The van der Waals surface area contributed by atoms with Gasteiger partial charge in [0.2, 0.25) is 0 Å². The molecule has 112 valence electrons. The minimum absolute atomic E-state index is 0.148. The first kappa shape index (κ1) is 15.6. The van der Waals surface area contributed by atoms with Gasteiger partial charge in [-0.25, -0.2) is 0 Å². The molecule has 0 aromatic heterocycles. The highest BCUT2D eigenvalue weighted by Crippen LogP contribution is 2.19. The number of aliphatic hydroxyl groups excluding tert-OH is 1. The zero-order valence-electron chi connectivity index (χ0n) is 12.4. The van der Waals surface area contributed by atoms with E-state index in [1.165, 1.54) is 0 Å². The van der Waals surface area contributed by atoms with E-state index in [1.54, 1.807) is 6.07 Å². The average molecular weight is 286 g/mol. The lowest BCUT2D eigenvalue weighted by Crippen LogP contribution is -2.45. The molecule has 1 fully saturated rings. The van der Waals surface area contributed by atoms with Gasteiger partial charge in [0.05, 0.1) is 18.7 Å². The number of carbonyl (C=O) groups is 1. The van der Waals surface area contributed by atoms with Crippen LogP contribution in [-0.4, -0.2) is 29.7 Å². The second-order valence-electron chi connectivity index (χ2n) is 5.53. The van der Waals surface area contributed by atoms with Crippen LogP contribution in [0.3, 0.4) is 0 Å². The Kier molecular flexibility index (Phi) is 5.38. The van der Waals surface area contributed by atoms with Gasteiger partial charge in [0, 0.05) is 11.1 Å². The van der Waals surface area contributed by atoms with Crippen LogP contribution in [0.5, 0.6) is 0 Å². The summed E-state index contributed by atoms with van der Waals surface area (Å²) < 4.78 is 0. The van der Waals surface area contributed by atoms with Gasteiger partial charge >= 0.3 is 0 Å². The third kappa shape index (κ3) is 4.32. The van der Waals surface area contributed by atoms with E-state index in [4.69, 9.17) is 5.73 Å². The summed E-state index contributed by atoms with van der Waals surface area (Å²) in [5.74, 6) is 5.59. The first-order valence-electron chi connectivity index (χ1n) is 7.39. The van der Waals surface area contributed by atoms with Crippen molar-refractivity contribution in [2.24, 2.45) is 5.73 Å². The number of hydrogen-bond acceptors (Lipinski definition) is 3. The summed E-state index contributed by atoms with van der Waals surface area (Å²) in [6.07, 6.45) is 3.22. The van der Waals surface area contributed by atoms with Crippen LogP contribution in [0.15, 0.2) is 18.2 Å². The summed E-state index contributed by atoms with van der Waals surface area (Å²) in [6, 6.07) is 5.37. The topological polar surface area (TPSA) is 75.4 Å². The highest BCUT2D eigenvalue weighted by Gasteiger charge is 2.24. The molecule has 1 aromatic rings. The second-order valence-corrected chi connectivity index (χ2v) is 5.53. The Morgan fingerprint density at radius 3 is 2.86 bits per heavy atom. The monoisotopic (exact) mass is 286 g/mol. The van der Waals surface area contributed by atoms with Crippen molar-refractivity contribution < 1.29 is 9.90 Å². The van der Waals surface area contributed by atoms with Gasteiger partial charge in [0.1, 0.15) is 0 Å². The molecule has 0 spiro atoms. The van der Waals surface area contributed by atoms with E-state index >= 15 is 0 Å². The molecule has 0 radical (unpaired) electrons. The summed E-state index contributed by atoms with van der Waals surface area (Å²) in [5.41, 5.74) is 7.72. The molecule has 0 aliphatic heterocycles. The molecule has 4 heteroatoms. The fourth-order valence-corrected chi connectivity index (χ4v) is 2.67. The molecule has 4 nitrogen and oxygen atoms in total. The summed E-state index contributed by atoms with van der Waals surface area (Å²) in [7, 11) is 0. The molecule has 2 atom stereocenters. The Hall–Kier alpha value is -1.83. The van der Waals surface area contributed by atoms with Crippen molar-refractivity contribution in [3.63, 3.8) is 0 Å². The zero-order chi connectivity index (χ0) is 15.2. The van der Waals surface area contributed by atoms with Gasteiger partial charge in [0.25, 0.3) is 5.91 Å². The first-order chi connectivity index (χ1) is 10.1. The van der Waals surface area contributed by atoms with Crippen LogP contribution in [0.2, 0.25) is 0 Å². The van der Waals surface area contributed by atoms with Gasteiger partial charge in [-0.1, -0.05) is 24.7 Å². The third-order valence-corrected chi connectivity index (χ3v) is 3.72.